The SMILES string of the molecule is Cn1c(=O)c2ccc(C(=O)Nc3ccc4nc(-c5ccccc5Cl)[nH]c4c3)nc2n(C)c1=O. The Hall–Kier alpha value is -4.24. The van der Waals surface area contributed by atoms with Crippen LogP contribution in [0, 0.1) is 0 Å². The number of aromatic amines is 1. The lowest BCUT2D eigenvalue weighted by Crippen LogP contribution is -2.37. The van der Waals surface area contributed by atoms with Crippen molar-refractivity contribution in [2.45, 2.75) is 0 Å². The fourth-order valence-corrected chi connectivity index (χ4v) is 3.87. The number of anilines is 1. The van der Waals surface area contributed by atoms with E-state index in [0.29, 0.717) is 16.5 Å². The number of fused-ring (bicyclic) bond motifs is 2. The van der Waals surface area contributed by atoms with Crippen molar-refractivity contribution in [3.8, 4) is 11.4 Å². The quantitative estimate of drug-likeness (QED) is 0.429. The highest BCUT2D eigenvalue weighted by Crippen LogP contribution is 2.28. The minimum Gasteiger partial charge on any atom is -0.338 e. The van der Waals surface area contributed by atoms with Crippen LogP contribution in [-0.4, -0.2) is 30.0 Å². The zero-order valence-corrected chi connectivity index (χ0v) is 18.3. The number of carbonyl (C=O) groups is 1. The molecule has 5 rings (SSSR count). The molecule has 0 unspecified atom stereocenters. The molecule has 164 valence electrons. The van der Waals surface area contributed by atoms with Crippen LogP contribution >= 0.6 is 11.6 Å². The van der Waals surface area contributed by atoms with Gasteiger partial charge in [-0.2, -0.15) is 0 Å². The van der Waals surface area contributed by atoms with Gasteiger partial charge < -0.3 is 10.3 Å². The maximum absolute atomic E-state index is 12.8. The number of hydrogen-bond acceptors (Lipinski definition) is 5. The number of nitrogens with one attached hydrogen (secondary N) is 2. The molecule has 0 aliphatic heterocycles. The van der Waals surface area contributed by atoms with Crippen LogP contribution in [0.15, 0.2) is 64.2 Å². The van der Waals surface area contributed by atoms with Crippen molar-refractivity contribution in [1.29, 1.82) is 0 Å². The summed E-state index contributed by atoms with van der Waals surface area (Å²) in [5.41, 5.74) is 1.98. The van der Waals surface area contributed by atoms with Gasteiger partial charge in [-0.05, 0) is 42.5 Å². The highest BCUT2D eigenvalue weighted by Gasteiger charge is 2.15. The molecule has 0 spiro atoms. The van der Waals surface area contributed by atoms with Gasteiger partial charge in [0.2, 0.25) is 0 Å². The number of halogens is 1. The number of hydrogen-bond donors (Lipinski definition) is 2. The third-order valence-corrected chi connectivity index (χ3v) is 5.73. The van der Waals surface area contributed by atoms with E-state index in [1.165, 1.54) is 30.8 Å². The van der Waals surface area contributed by atoms with Crippen LogP contribution in [-0.2, 0) is 14.1 Å². The summed E-state index contributed by atoms with van der Waals surface area (Å²) in [5.74, 6) is 0.146. The van der Waals surface area contributed by atoms with E-state index in [4.69, 9.17) is 11.6 Å². The normalized spacial score (nSPS) is 11.2. The molecule has 0 bridgehead atoms. The first-order valence-electron chi connectivity index (χ1n) is 9.96. The van der Waals surface area contributed by atoms with Crippen molar-refractivity contribution >= 4 is 45.3 Å². The number of nitrogens with zero attached hydrogens (tertiary/aromatic N) is 4. The number of carbonyl (C=O) groups excluding carboxylic acids is 1. The largest absolute Gasteiger partial charge is 0.338 e. The third-order valence-electron chi connectivity index (χ3n) is 5.40. The molecule has 1 amide bonds. The molecular weight excluding hydrogens is 444 g/mol. The Morgan fingerprint density at radius 1 is 1.00 bits per heavy atom. The van der Waals surface area contributed by atoms with Crippen LogP contribution in [0.1, 0.15) is 10.5 Å². The third kappa shape index (κ3) is 3.48. The zero-order valence-electron chi connectivity index (χ0n) is 17.6. The summed E-state index contributed by atoms with van der Waals surface area (Å²) >= 11 is 6.27. The highest BCUT2D eigenvalue weighted by molar-refractivity contribution is 6.33. The lowest BCUT2D eigenvalue weighted by atomic mass is 10.2. The summed E-state index contributed by atoms with van der Waals surface area (Å²) in [6.07, 6.45) is 0. The number of rotatable bonds is 3. The molecule has 0 radical (unpaired) electrons. The summed E-state index contributed by atoms with van der Waals surface area (Å²) in [7, 11) is 2.90. The Balaban J connectivity index is 1.48. The van der Waals surface area contributed by atoms with Crippen LogP contribution in [0.25, 0.3) is 33.5 Å². The second kappa shape index (κ2) is 7.72. The summed E-state index contributed by atoms with van der Waals surface area (Å²) in [5, 5.41) is 3.62. The number of amides is 1. The lowest BCUT2D eigenvalue weighted by molar-refractivity contribution is 0.102. The van der Waals surface area contributed by atoms with Crippen LogP contribution in [0.2, 0.25) is 5.02 Å². The summed E-state index contributed by atoms with van der Waals surface area (Å²) in [6.45, 7) is 0. The smallest absolute Gasteiger partial charge is 0.332 e. The average Bonchev–Trinajstić information content (AvgIpc) is 3.24. The second-order valence-corrected chi connectivity index (χ2v) is 7.93. The number of aryl methyl sites for hydroxylation is 1. The predicted molar refractivity (Wildman–Crippen MR) is 127 cm³/mol. The summed E-state index contributed by atoms with van der Waals surface area (Å²) in [6, 6.07) is 15.6. The van der Waals surface area contributed by atoms with Crippen molar-refractivity contribution < 1.29 is 4.79 Å². The summed E-state index contributed by atoms with van der Waals surface area (Å²) < 4.78 is 2.24. The zero-order chi connectivity index (χ0) is 23.3. The molecule has 0 atom stereocenters. The average molecular weight is 461 g/mol. The van der Waals surface area contributed by atoms with Gasteiger partial charge in [0.15, 0.2) is 0 Å². The molecule has 5 aromatic rings. The van der Waals surface area contributed by atoms with Gasteiger partial charge >= 0.3 is 5.69 Å². The number of benzene rings is 2. The van der Waals surface area contributed by atoms with Crippen molar-refractivity contribution in [3.63, 3.8) is 0 Å². The molecule has 2 N–H and O–H groups in total. The molecule has 9 nitrogen and oxygen atoms in total. The van der Waals surface area contributed by atoms with Gasteiger partial charge in [0.25, 0.3) is 11.5 Å². The van der Waals surface area contributed by atoms with E-state index < -0.39 is 17.2 Å². The Morgan fingerprint density at radius 2 is 1.79 bits per heavy atom. The van der Waals surface area contributed by atoms with Gasteiger partial charge in [0.1, 0.15) is 17.2 Å². The van der Waals surface area contributed by atoms with Gasteiger partial charge in [0, 0.05) is 25.3 Å². The van der Waals surface area contributed by atoms with Gasteiger partial charge in [-0.15, -0.1) is 0 Å². The standard InChI is InChI=1S/C23H17ClN6O3/c1-29-20-14(22(32)30(2)23(29)33)8-10-17(28-20)21(31)25-12-7-9-16-18(11-12)27-19(26-16)13-5-3-4-6-15(13)24/h3-11H,1-2H3,(H,25,31)(H,26,27). The Morgan fingerprint density at radius 3 is 2.58 bits per heavy atom. The molecule has 3 heterocycles. The van der Waals surface area contributed by atoms with E-state index in [1.807, 2.05) is 18.2 Å². The van der Waals surface area contributed by atoms with E-state index in [-0.39, 0.29) is 16.7 Å². The van der Waals surface area contributed by atoms with Crippen molar-refractivity contribution in [1.82, 2.24) is 24.1 Å². The molecule has 10 heteroatoms. The molecule has 0 saturated carbocycles. The van der Waals surface area contributed by atoms with E-state index in [0.717, 1.165) is 21.2 Å². The van der Waals surface area contributed by atoms with Gasteiger partial charge in [-0.1, -0.05) is 23.7 Å². The topological polar surface area (TPSA) is 115 Å². The van der Waals surface area contributed by atoms with Crippen LogP contribution < -0.4 is 16.6 Å². The van der Waals surface area contributed by atoms with E-state index in [2.05, 4.69) is 20.3 Å². The first kappa shape index (κ1) is 20.7. The van der Waals surface area contributed by atoms with Gasteiger partial charge in [-0.3, -0.25) is 18.7 Å². The molecule has 0 fully saturated rings. The second-order valence-electron chi connectivity index (χ2n) is 7.52. The fraction of sp³-hybridized carbons (Fsp3) is 0.0870. The first-order valence-corrected chi connectivity index (χ1v) is 10.3. The lowest BCUT2D eigenvalue weighted by Gasteiger charge is -2.09. The predicted octanol–water partition coefficient (Wildman–Crippen LogP) is 3.08. The Bertz CT molecular complexity index is 1700. The molecule has 33 heavy (non-hydrogen) atoms. The van der Waals surface area contributed by atoms with E-state index >= 15 is 0 Å². The van der Waals surface area contributed by atoms with Crippen molar-refractivity contribution in [2.75, 3.05) is 5.32 Å². The first-order chi connectivity index (χ1) is 15.8. The molecule has 0 aliphatic rings. The molecule has 0 aliphatic carbocycles. The number of H-pyrrole nitrogens is 1. The molecule has 0 saturated heterocycles. The molecule has 3 aromatic heterocycles. The van der Waals surface area contributed by atoms with E-state index in [1.54, 1.807) is 24.3 Å². The van der Waals surface area contributed by atoms with Crippen molar-refractivity contribution in [2.24, 2.45) is 14.1 Å². The number of aromatic nitrogens is 5. The van der Waals surface area contributed by atoms with E-state index in [9.17, 15) is 14.4 Å². The fourth-order valence-electron chi connectivity index (χ4n) is 3.64. The maximum Gasteiger partial charge on any atom is 0.332 e. The summed E-state index contributed by atoms with van der Waals surface area (Å²) in [4.78, 5) is 49.4. The minimum atomic E-state index is -0.517. The molecule has 2 aromatic carbocycles. The van der Waals surface area contributed by atoms with Crippen LogP contribution in [0.4, 0.5) is 5.69 Å². The molecular formula is C23H17ClN6O3. The van der Waals surface area contributed by atoms with Crippen molar-refractivity contribution in [3.05, 3.63) is 86.2 Å². The Kier molecular flexibility index (Phi) is 4.83. The number of pyridine rings is 1. The monoisotopic (exact) mass is 460 g/mol. The van der Waals surface area contributed by atoms with Crippen LogP contribution in [0.5, 0.6) is 0 Å². The van der Waals surface area contributed by atoms with Crippen LogP contribution in [0.3, 0.4) is 0 Å². The number of imidazole rings is 1. The highest BCUT2D eigenvalue weighted by atomic mass is 35.5. The maximum atomic E-state index is 12.8. The van der Waals surface area contributed by atoms with Gasteiger partial charge in [0.05, 0.1) is 21.4 Å². The van der Waals surface area contributed by atoms with Gasteiger partial charge in [-0.25, -0.2) is 14.8 Å². The minimum absolute atomic E-state index is 0.0761. The Labute approximate surface area is 191 Å².